The van der Waals surface area contributed by atoms with Crippen molar-refractivity contribution >= 4 is 21.6 Å². The Kier molecular flexibility index (Phi) is 3.87. The number of anilines is 1. The van der Waals surface area contributed by atoms with Gasteiger partial charge in [-0.3, -0.25) is 0 Å². The van der Waals surface area contributed by atoms with E-state index in [2.05, 4.69) is 21.2 Å². The first-order valence-electron chi connectivity index (χ1n) is 5.68. The van der Waals surface area contributed by atoms with Gasteiger partial charge in [-0.15, -0.1) is 0 Å². The van der Waals surface area contributed by atoms with Gasteiger partial charge in [-0.2, -0.15) is 13.2 Å². The van der Waals surface area contributed by atoms with E-state index in [0.717, 1.165) is 25.0 Å². The molecule has 6 heteroatoms. The molecule has 0 radical (unpaired) electrons. The number of hydrogen-bond acceptors (Lipinski definition) is 2. The van der Waals surface area contributed by atoms with E-state index in [4.69, 9.17) is 0 Å². The highest BCUT2D eigenvalue weighted by atomic mass is 79.9. The molecular weight excluding hydrogens is 311 g/mol. The zero-order valence-electron chi connectivity index (χ0n) is 9.47. The van der Waals surface area contributed by atoms with Crippen LogP contribution < -0.4 is 5.32 Å². The topological polar surface area (TPSA) is 32.3 Å². The summed E-state index contributed by atoms with van der Waals surface area (Å²) in [6, 6.07) is 3.52. The van der Waals surface area contributed by atoms with E-state index in [1.807, 2.05) is 0 Å². The Labute approximate surface area is 111 Å². The Morgan fingerprint density at radius 3 is 2.50 bits per heavy atom. The average molecular weight is 324 g/mol. The van der Waals surface area contributed by atoms with Gasteiger partial charge in [0.15, 0.2) is 0 Å². The van der Waals surface area contributed by atoms with Crippen LogP contribution in [0.15, 0.2) is 22.7 Å². The van der Waals surface area contributed by atoms with Gasteiger partial charge in [0.1, 0.15) is 0 Å². The molecule has 1 aromatic carbocycles. The molecule has 1 fully saturated rings. The van der Waals surface area contributed by atoms with E-state index < -0.39 is 17.8 Å². The van der Waals surface area contributed by atoms with Crippen LogP contribution in [0.3, 0.4) is 0 Å². The molecule has 1 saturated carbocycles. The summed E-state index contributed by atoms with van der Waals surface area (Å²) >= 11 is 3.07. The number of aliphatic hydroxyl groups excluding tert-OH is 1. The standard InChI is InChI=1S/C12H13BrF3NO/c13-8-4-7(12(14,15)16)5-9(6-8)17-10-2-1-3-11(10)18/h4-6,10-11,17-18H,1-3H2. The van der Waals surface area contributed by atoms with E-state index in [-0.39, 0.29) is 6.04 Å². The Hall–Kier alpha value is -0.750. The molecule has 1 aliphatic carbocycles. The van der Waals surface area contributed by atoms with Crippen LogP contribution >= 0.6 is 15.9 Å². The van der Waals surface area contributed by atoms with Gasteiger partial charge in [-0.25, -0.2) is 0 Å². The van der Waals surface area contributed by atoms with Crippen molar-refractivity contribution in [2.75, 3.05) is 5.32 Å². The van der Waals surface area contributed by atoms with E-state index in [0.29, 0.717) is 16.6 Å². The van der Waals surface area contributed by atoms with Crippen LogP contribution in [-0.2, 0) is 6.18 Å². The van der Waals surface area contributed by atoms with Gasteiger partial charge in [0.2, 0.25) is 0 Å². The van der Waals surface area contributed by atoms with Crippen LogP contribution in [-0.4, -0.2) is 17.3 Å². The maximum absolute atomic E-state index is 12.6. The molecule has 18 heavy (non-hydrogen) atoms. The molecule has 2 atom stereocenters. The quantitative estimate of drug-likeness (QED) is 0.867. The van der Waals surface area contributed by atoms with Crippen molar-refractivity contribution in [3.63, 3.8) is 0 Å². The summed E-state index contributed by atoms with van der Waals surface area (Å²) < 4.78 is 38.3. The molecule has 2 rings (SSSR count). The summed E-state index contributed by atoms with van der Waals surface area (Å²) in [4.78, 5) is 0. The molecule has 0 spiro atoms. The highest BCUT2D eigenvalue weighted by Gasteiger charge is 2.32. The van der Waals surface area contributed by atoms with Crippen LogP contribution in [0.25, 0.3) is 0 Å². The molecule has 2 unspecified atom stereocenters. The summed E-state index contributed by atoms with van der Waals surface area (Å²) in [5, 5.41) is 12.6. The minimum absolute atomic E-state index is 0.166. The maximum atomic E-state index is 12.6. The molecule has 0 aliphatic heterocycles. The first-order chi connectivity index (χ1) is 8.36. The summed E-state index contributed by atoms with van der Waals surface area (Å²) in [7, 11) is 0. The lowest BCUT2D eigenvalue weighted by Gasteiger charge is -2.19. The molecule has 2 nitrogen and oxygen atoms in total. The first-order valence-corrected chi connectivity index (χ1v) is 6.48. The monoisotopic (exact) mass is 323 g/mol. The van der Waals surface area contributed by atoms with E-state index in [1.165, 1.54) is 0 Å². The first kappa shape index (κ1) is 13.7. The van der Waals surface area contributed by atoms with Crippen molar-refractivity contribution in [2.45, 2.75) is 37.6 Å². The van der Waals surface area contributed by atoms with Crippen molar-refractivity contribution in [3.8, 4) is 0 Å². The van der Waals surface area contributed by atoms with Crippen LogP contribution in [0.5, 0.6) is 0 Å². The van der Waals surface area contributed by atoms with Crippen molar-refractivity contribution in [1.82, 2.24) is 0 Å². The molecule has 1 aliphatic rings. The smallest absolute Gasteiger partial charge is 0.391 e. The summed E-state index contributed by atoms with van der Waals surface area (Å²) in [5.74, 6) is 0. The van der Waals surface area contributed by atoms with Crippen molar-refractivity contribution < 1.29 is 18.3 Å². The predicted octanol–water partition coefficient (Wildman–Crippen LogP) is 3.79. The number of benzene rings is 1. The SMILES string of the molecule is OC1CCCC1Nc1cc(Br)cc(C(F)(F)F)c1. The van der Waals surface area contributed by atoms with Crippen molar-refractivity contribution in [3.05, 3.63) is 28.2 Å². The van der Waals surface area contributed by atoms with Gasteiger partial charge >= 0.3 is 6.18 Å². The fourth-order valence-corrected chi connectivity index (χ4v) is 2.65. The third-order valence-corrected chi connectivity index (χ3v) is 3.51. The number of hydrogen-bond donors (Lipinski definition) is 2. The number of rotatable bonds is 2. The molecule has 0 amide bonds. The van der Waals surface area contributed by atoms with E-state index >= 15 is 0 Å². The Morgan fingerprint density at radius 1 is 1.22 bits per heavy atom. The van der Waals surface area contributed by atoms with Crippen LogP contribution in [0, 0.1) is 0 Å². The molecule has 2 N–H and O–H groups in total. The van der Waals surface area contributed by atoms with Gasteiger partial charge in [-0.1, -0.05) is 15.9 Å². The Balaban J connectivity index is 2.20. The summed E-state index contributed by atoms with van der Waals surface area (Å²) in [6.45, 7) is 0. The number of alkyl halides is 3. The van der Waals surface area contributed by atoms with Crippen molar-refractivity contribution in [1.29, 1.82) is 0 Å². The molecule has 1 aromatic rings. The maximum Gasteiger partial charge on any atom is 0.416 e. The minimum Gasteiger partial charge on any atom is -0.391 e. The van der Waals surface area contributed by atoms with Gasteiger partial charge in [-0.05, 0) is 37.5 Å². The molecule has 0 saturated heterocycles. The van der Waals surface area contributed by atoms with E-state index in [9.17, 15) is 18.3 Å². The molecule has 0 bridgehead atoms. The van der Waals surface area contributed by atoms with Crippen LogP contribution in [0.4, 0.5) is 18.9 Å². The van der Waals surface area contributed by atoms with Gasteiger partial charge in [0.05, 0.1) is 17.7 Å². The lowest BCUT2D eigenvalue weighted by atomic mass is 10.1. The largest absolute Gasteiger partial charge is 0.416 e. The van der Waals surface area contributed by atoms with Gasteiger partial charge in [0.25, 0.3) is 0 Å². The zero-order valence-corrected chi connectivity index (χ0v) is 11.1. The van der Waals surface area contributed by atoms with Gasteiger partial charge in [0, 0.05) is 10.2 Å². The fourth-order valence-electron chi connectivity index (χ4n) is 2.16. The summed E-state index contributed by atoms with van der Waals surface area (Å²) in [6.07, 6.45) is -2.50. The van der Waals surface area contributed by atoms with Gasteiger partial charge < -0.3 is 10.4 Å². The van der Waals surface area contributed by atoms with Crippen LogP contribution in [0.2, 0.25) is 0 Å². The second-order valence-corrected chi connectivity index (χ2v) is 5.39. The predicted molar refractivity (Wildman–Crippen MR) is 66.4 cm³/mol. The molecule has 0 heterocycles. The number of aliphatic hydroxyl groups is 1. The summed E-state index contributed by atoms with van der Waals surface area (Å²) in [5.41, 5.74) is -0.325. The van der Waals surface area contributed by atoms with Crippen molar-refractivity contribution in [2.24, 2.45) is 0 Å². The molecule has 0 aromatic heterocycles. The highest BCUT2D eigenvalue weighted by Crippen LogP contribution is 2.34. The third kappa shape index (κ3) is 3.17. The lowest BCUT2D eigenvalue weighted by Crippen LogP contribution is -2.28. The van der Waals surface area contributed by atoms with E-state index in [1.54, 1.807) is 6.07 Å². The fraction of sp³-hybridized carbons (Fsp3) is 0.500. The lowest BCUT2D eigenvalue weighted by molar-refractivity contribution is -0.137. The molecular formula is C12H13BrF3NO. The second kappa shape index (κ2) is 5.09. The Bertz CT molecular complexity index is 436. The van der Waals surface area contributed by atoms with Crippen LogP contribution in [0.1, 0.15) is 24.8 Å². The third-order valence-electron chi connectivity index (χ3n) is 3.06. The zero-order chi connectivity index (χ0) is 13.3. The minimum atomic E-state index is -4.37. The number of nitrogens with one attached hydrogen (secondary N) is 1. The number of halogens is 4. The Morgan fingerprint density at radius 2 is 1.94 bits per heavy atom. The normalized spacial score (nSPS) is 24.3. The second-order valence-electron chi connectivity index (χ2n) is 4.48. The highest BCUT2D eigenvalue weighted by molar-refractivity contribution is 9.10. The average Bonchev–Trinajstić information content (AvgIpc) is 2.62. The molecule has 100 valence electrons.